The van der Waals surface area contributed by atoms with Crippen LogP contribution in [0.3, 0.4) is 0 Å². The molecule has 4 rings (SSSR count). The summed E-state index contributed by atoms with van der Waals surface area (Å²) in [5, 5.41) is 6.19. The summed E-state index contributed by atoms with van der Waals surface area (Å²) in [5.74, 6) is -0.456. The van der Waals surface area contributed by atoms with Crippen LogP contribution in [0.2, 0.25) is 0 Å². The molecule has 6 heteroatoms. The summed E-state index contributed by atoms with van der Waals surface area (Å²) < 4.78 is 38.5. The van der Waals surface area contributed by atoms with Gasteiger partial charge in [0.2, 0.25) is 5.91 Å². The molecule has 0 spiro atoms. The van der Waals surface area contributed by atoms with Crippen LogP contribution in [-0.4, -0.2) is 5.91 Å². The van der Waals surface area contributed by atoms with E-state index in [4.69, 9.17) is 0 Å². The second-order valence-electron chi connectivity index (χ2n) is 7.00. The van der Waals surface area contributed by atoms with E-state index in [9.17, 15) is 18.0 Å². The Morgan fingerprint density at radius 3 is 2.73 bits per heavy atom. The van der Waals surface area contributed by atoms with E-state index in [2.05, 4.69) is 22.8 Å². The molecule has 1 heterocycles. The van der Waals surface area contributed by atoms with Crippen molar-refractivity contribution in [2.75, 3.05) is 0 Å². The van der Waals surface area contributed by atoms with Crippen molar-refractivity contribution in [1.29, 1.82) is 0 Å². The van der Waals surface area contributed by atoms with Crippen molar-refractivity contribution in [1.82, 2.24) is 10.6 Å². The van der Waals surface area contributed by atoms with Gasteiger partial charge in [-0.15, -0.1) is 0 Å². The van der Waals surface area contributed by atoms with Crippen molar-refractivity contribution in [3.8, 4) is 0 Å². The summed E-state index contributed by atoms with van der Waals surface area (Å²) in [7, 11) is 0. The Hall–Kier alpha value is -2.34. The Morgan fingerprint density at radius 2 is 1.92 bits per heavy atom. The fourth-order valence-corrected chi connectivity index (χ4v) is 3.58. The third-order valence-corrected chi connectivity index (χ3v) is 5.14. The molecule has 1 aliphatic carbocycles. The van der Waals surface area contributed by atoms with Gasteiger partial charge in [0.05, 0.1) is 5.56 Å². The Kier molecular flexibility index (Phi) is 4.23. The Balaban J connectivity index is 1.36. The molecule has 2 aliphatic rings. The van der Waals surface area contributed by atoms with Crippen LogP contribution in [0.4, 0.5) is 13.2 Å². The quantitative estimate of drug-likeness (QED) is 0.872. The number of amides is 1. The van der Waals surface area contributed by atoms with E-state index in [0.29, 0.717) is 18.5 Å². The van der Waals surface area contributed by atoms with Crippen molar-refractivity contribution in [2.45, 2.75) is 38.1 Å². The SMILES string of the molecule is O=C(NCc1ccc2c(c1)CNC2)C1CC1c1cccc(C(F)(F)F)c1. The van der Waals surface area contributed by atoms with E-state index < -0.39 is 11.7 Å². The Labute approximate surface area is 149 Å². The van der Waals surface area contributed by atoms with Gasteiger partial charge < -0.3 is 10.6 Å². The minimum absolute atomic E-state index is 0.0916. The number of alkyl halides is 3. The van der Waals surface area contributed by atoms with E-state index in [1.54, 1.807) is 6.07 Å². The first kappa shape index (κ1) is 17.1. The molecule has 1 amide bonds. The molecule has 0 bridgehead atoms. The largest absolute Gasteiger partial charge is 0.416 e. The predicted octanol–water partition coefficient (Wildman–Crippen LogP) is 3.73. The van der Waals surface area contributed by atoms with E-state index >= 15 is 0 Å². The van der Waals surface area contributed by atoms with Crippen molar-refractivity contribution in [3.63, 3.8) is 0 Å². The van der Waals surface area contributed by atoms with Gasteiger partial charge in [-0.3, -0.25) is 4.79 Å². The number of carbonyl (C=O) groups is 1. The van der Waals surface area contributed by atoms with Crippen LogP contribution >= 0.6 is 0 Å². The zero-order valence-corrected chi connectivity index (χ0v) is 14.1. The molecule has 136 valence electrons. The van der Waals surface area contributed by atoms with E-state index in [1.165, 1.54) is 17.2 Å². The van der Waals surface area contributed by atoms with Gasteiger partial charge in [0, 0.05) is 25.6 Å². The number of hydrogen-bond acceptors (Lipinski definition) is 2. The second-order valence-corrected chi connectivity index (χ2v) is 7.00. The number of fused-ring (bicyclic) bond motifs is 1. The minimum Gasteiger partial charge on any atom is -0.352 e. The highest BCUT2D eigenvalue weighted by molar-refractivity contribution is 5.82. The van der Waals surface area contributed by atoms with Crippen LogP contribution in [0.1, 0.15) is 40.2 Å². The molecule has 2 aromatic rings. The summed E-state index contributed by atoms with van der Waals surface area (Å²) in [4.78, 5) is 12.3. The van der Waals surface area contributed by atoms with Gasteiger partial charge in [-0.2, -0.15) is 13.2 Å². The fraction of sp³-hybridized carbons (Fsp3) is 0.350. The van der Waals surface area contributed by atoms with Gasteiger partial charge in [-0.05, 0) is 40.7 Å². The van der Waals surface area contributed by atoms with Crippen LogP contribution in [-0.2, 0) is 30.6 Å². The van der Waals surface area contributed by atoms with Crippen LogP contribution in [0.25, 0.3) is 0 Å². The van der Waals surface area contributed by atoms with Gasteiger partial charge in [0.1, 0.15) is 0 Å². The summed E-state index contributed by atoms with van der Waals surface area (Å²) in [6.07, 6.45) is -3.76. The van der Waals surface area contributed by atoms with Crippen LogP contribution < -0.4 is 10.6 Å². The normalized spacial score (nSPS) is 21.3. The maximum absolute atomic E-state index is 12.8. The Morgan fingerprint density at radius 1 is 1.12 bits per heavy atom. The summed E-state index contributed by atoms with van der Waals surface area (Å²) >= 11 is 0. The lowest BCUT2D eigenvalue weighted by atomic mass is 10.0. The number of rotatable bonds is 4. The predicted molar refractivity (Wildman–Crippen MR) is 91.1 cm³/mol. The summed E-state index contributed by atoms with van der Waals surface area (Å²) in [6.45, 7) is 2.16. The van der Waals surface area contributed by atoms with Crippen molar-refractivity contribution >= 4 is 5.91 Å². The number of carbonyl (C=O) groups excluding carboxylic acids is 1. The van der Waals surface area contributed by atoms with Crippen molar-refractivity contribution in [3.05, 3.63) is 70.3 Å². The number of nitrogens with one attached hydrogen (secondary N) is 2. The third-order valence-electron chi connectivity index (χ3n) is 5.14. The number of benzene rings is 2. The van der Waals surface area contributed by atoms with E-state index in [-0.39, 0.29) is 17.7 Å². The highest BCUT2D eigenvalue weighted by Gasteiger charge is 2.44. The average molecular weight is 360 g/mol. The minimum atomic E-state index is -4.36. The number of halogens is 3. The van der Waals surface area contributed by atoms with Gasteiger partial charge in [0.15, 0.2) is 0 Å². The van der Waals surface area contributed by atoms with Gasteiger partial charge in [-0.25, -0.2) is 0 Å². The zero-order chi connectivity index (χ0) is 18.3. The second kappa shape index (κ2) is 6.43. The molecule has 0 radical (unpaired) electrons. The lowest BCUT2D eigenvalue weighted by molar-refractivity contribution is -0.137. The first-order chi connectivity index (χ1) is 12.4. The van der Waals surface area contributed by atoms with Crippen molar-refractivity contribution in [2.24, 2.45) is 5.92 Å². The monoisotopic (exact) mass is 360 g/mol. The van der Waals surface area contributed by atoms with Crippen LogP contribution in [0, 0.1) is 5.92 Å². The average Bonchev–Trinajstić information content (AvgIpc) is 3.29. The molecule has 26 heavy (non-hydrogen) atoms. The third kappa shape index (κ3) is 3.46. The summed E-state index contributed by atoms with van der Waals surface area (Å²) in [6, 6.07) is 11.5. The molecular formula is C20H19F3N2O. The molecular weight excluding hydrogens is 341 g/mol. The van der Waals surface area contributed by atoms with E-state index in [0.717, 1.165) is 30.8 Å². The molecule has 2 aromatic carbocycles. The molecule has 0 saturated heterocycles. The lowest BCUT2D eigenvalue weighted by Gasteiger charge is -2.09. The maximum Gasteiger partial charge on any atom is 0.416 e. The standard InChI is InChI=1S/C20H19F3N2O/c21-20(22,23)16-3-1-2-13(7-16)17-8-18(17)19(26)25-9-12-4-5-14-10-24-11-15(14)6-12/h1-7,17-18,24H,8-11H2,(H,25,26). The first-order valence-electron chi connectivity index (χ1n) is 8.68. The molecule has 1 fully saturated rings. The first-order valence-corrected chi connectivity index (χ1v) is 8.68. The smallest absolute Gasteiger partial charge is 0.352 e. The highest BCUT2D eigenvalue weighted by atomic mass is 19.4. The summed E-state index contributed by atoms with van der Waals surface area (Å²) in [5.41, 5.74) is 3.50. The lowest BCUT2D eigenvalue weighted by Crippen LogP contribution is -2.25. The highest BCUT2D eigenvalue weighted by Crippen LogP contribution is 2.48. The van der Waals surface area contributed by atoms with Crippen LogP contribution in [0.5, 0.6) is 0 Å². The molecule has 2 N–H and O–H groups in total. The number of hydrogen-bond donors (Lipinski definition) is 2. The molecule has 2 atom stereocenters. The van der Waals surface area contributed by atoms with E-state index in [1.807, 2.05) is 6.07 Å². The van der Waals surface area contributed by atoms with Crippen LogP contribution in [0.15, 0.2) is 42.5 Å². The van der Waals surface area contributed by atoms with Crippen molar-refractivity contribution < 1.29 is 18.0 Å². The molecule has 3 nitrogen and oxygen atoms in total. The molecule has 1 saturated carbocycles. The zero-order valence-electron chi connectivity index (χ0n) is 14.1. The van der Waals surface area contributed by atoms with Gasteiger partial charge in [0.25, 0.3) is 0 Å². The molecule has 0 aromatic heterocycles. The molecule has 2 unspecified atom stereocenters. The Bertz CT molecular complexity index is 847. The fourth-order valence-electron chi connectivity index (χ4n) is 3.58. The van der Waals surface area contributed by atoms with Gasteiger partial charge >= 0.3 is 6.18 Å². The molecule has 1 aliphatic heterocycles. The maximum atomic E-state index is 12.8. The van der Waals surface area contributed by atoms with Gasteiger partial charge in [-0.1, -0.05) is 36.4 Å². The topological polar surface area (TPSA) is 41.1 Å².